The molecule has 1 saturated heterocycles. The van der Waals surface area contributed by atoms with Crippen LogP contribution in [0.5, 0.6) is 5.75 Å². The highest BCUT2D eigenvalue weighted by Gasteiger charge is 2.23. The third-order valence-corrected chi connectivity index (χ3v) is 7.82. The molecule has 214 valence electrons. The molecule has 1 aliphatic heterocycles. The van der Waals surface area contributed by atoms with Gasteiger partial charge < -0.3 is 14.8 Å². The van der Waals surface area contributed by atoms with Crippen LogP contribution in [0.1, 0.15) is 6.42 Å². The SMILES string of the molecule is O=S(=O)(Nc1ccc(Nc2cc(-c3cccc(OCCCN4CCOCC4)c3)ncn2)cc1)c1c(F)cccc1F. The number of benzene rings is 3. The van der Waals surface area contributed by atoms with Crippen molar-refractivity contribution in [3.8, 4) is 17.0 Å². The molecule has 0 radical (unpaired) electrons. The standard InChI is InChI=1S/C29H29F2N5O4S/c30-25-6-2-7-26(31)29(25)41(37,38)35-23-10-8-22(9-11-23)34-28-19-27(32-20-33-28)21-4-1-5-24(18-21)40-15-3-12-36-13-16-39-17-14-36/h1-2,4-11,18-20,35H,3,12-17H2,(H,32,33,34). The maximum atomic E-state index is 14.0. The second-order valence-electron chi connectivity index (χ2n) is 9.33. The minimum atomic E-state index is -4.46. The number of nitrogens with zero attached hydrogens (tertiary/aromatic N) is 3. The van der Waals surface area contributed by atoms with Gasteiger partial charge in [0.15, 0.2) is 4.90 Å². The zero-order valence-corrected chi connectivity index (χ0v) is 22.9. The highest BCUT2D eigenvalue weighted by molar-refractivity contribution is 7.92. The van der Waals surface area contributed by atoms with Crippen molar-refractivity contribution in [3.05, 3.63) is 90.8 Å². The average molecular weight is 582 g/mol. The van der Waals surface area contributed by atoms with Gasteiger partial charge in [0.2, 0.25) is 0 Å². The molecule has 12 heteroatoms. The Morgan fingerprint density at radius 2 is 1.61 bits per heavy atom. The Morgan fingerprint density at radius 1 is 0.902 bits per heavy atom. The predicted octanol–water partition coefficient (Wildman–Crippen LogP) is 5.07. The highest BCUT2D eigenvalue weighted by atomic mass is 32.2. The summed E-state index contributed by atoms with van der Waals surface area (Å²) in [5.74, 6) is -1.06. The summed E-state index contributed by atoms with van der Waals surface area (Å²) < 4.78 is 66.5. The van der Waals surface area contributed by atoms with Crippen LogP contribution in [0.15, 0.2) is 84.0 Å². The van der Waals surface area contributed by atoms with E-state index in [1.165, 1.54) is 18.5 Å². The quantitative estimate of drug-likeness (QED) is 0.237. The van der Waals surface area contributed by atoms with Crippen LogP contribution in [0.4, 0.5) is 26.0 Å². The summed E-state index contributed by atoms with van der Waals surface area (Å²) in [6.07, 6.45) is 2.37. The molecule has 0 bridgehead atoms. The number of nitrogens with one attached hydrogen (secondary N) is 2. The molecule has 3 aromatic carbocycles. The van der Waals surface area contributed by atoms with E-state index in [-0.39, 0.29) is 5.69 Å². The van der Waals surface area contributed by atoms with E-state index in [9.17, 15) is 17.2 Å². The topological polar surface area (TPSA) is 106 Å². The summed E-state index contributed by atoms with van der Waals surface area (Å²) in [5, 5.41) is 3.15. The number of anilines is 3. The van der Waals surface area contributed by atoms with Crippen molar-refractivity contribution < 1.29 is 26.7 Å². The molecule has 0 unspecified atom stereocenters. The van der Waals surface area contributed by atoms with Crippen LogP contribution in [0.3, 0.4) is 0 Å². The molecular formula is C29H29F2N5O4S. The largest absolute Gasteiger partial charge is 0.494 e. The van der Waals surface area contributed by atoms with Gasteiger partial charge in [-0.3, -0.25) is 9.62 Å². The normalized spacial score (nSPS) is 14.0. The summed E-state index contributed by atoms with van der Waals surface area (Å²) in [6, 6.07) is 18.5. The maximum absolute atomic E-state index is 14.0. The number of ether oxygens (including phenoxy) is 2. The van der Waals surface area contributed by atoms with Crippen LogP contribution in [0.2, 0.25) is 0 Å². The molecule has 1 aliphatic rings. The average Bonchev–Trinajstić information content (AvgIpc) is 2.97. The fraction of sp³-hybridized carbons (Fsp3) is 0.241. The third-order valence-electron chi connectivity index (χ3n) is 6.39. The van der Waals surface area contributed by atoms with E-state index >= 15 is 0 Å². The zero-order valence-electron chi connectivity index (χ0n) is 22.1. The molecule has 9 nitrogen and oxygen atoms in total. The van der Waals surface area contributed by atoms with Crippen LogP contribution >= 0.6 is 0 Å². The first-order valence-electron chi connectivity index (χ1n) is 13.1. The van der Waals surface area contributed by atoms with Crippen LogP contribution < -0.4 is 14.8 Å². The number of halogens is 2. The first-order valence-corrected chi connectivity index (χ1v) is 14.5. The van der Waals surface area contributed by atoms with Gasteiger partial charge in [-0.25, -0.2) is 27.2 Å². The third kappa shape index (κ3) is 7.54. The van der Waals surface area contributed by atoms with Crippen LogP contribution in [0.25, 0.3) is 11.3 Å². The Balaban J connectivity index is 1.19. The summed E-state index contributed by atoms with van der Waals surface area (Å²) >= 11 is 0. The van der Waals surface area contributed by atoms with Gasteiger partial charge >= 0.3 is 0 Å². The second-order valence-corrected chi connectivity index (χ2v) is 11.0. The molecule has 0 aliphatic carbocycles. The summed E-state index contributed by atoms with van der Waals surface area (Å²) in [5.41, 5.74) is 2.32. The smallest absolute Gasteiger partial charge is 0.267 e. The van der Waals surface area contributed by atoms with Crippen LogP contribution in [-0.4, -0.2) is 62.7 Å². The lowest BCUT2D eigenvalue weighted by Gasteiger charge is -2.26. The molecule has 4 aromatic rings. The molecule has 0 atom stereocenters. The second kappa shape index (κ2) is 13.0. The molecule has 0 saturated carbocycles. The van der Waals surface area contributed by atoms with E-state index in [2.05, 4.69) is 24.9 Å². The molecule has 2 N–H and O–H groups in total. The van der Waals surface area contributed by atoms with Crippen LogP contribution in [0, 0.1) is 11.6 Å². The number of hydrogen-bond acceptors (Lipinski definition) is 8. The molecule has 1 fully saturated rings. The lowest BCUT2D eigenvalue weighted by Crippen LogP contribution is -2.37. The first-order chi connectivity index (χ1) is 19.9. The van der Waals surface area contributed by atoms with Gasteiger partial charge in [0, 0.05) is 42.6 Å². The Morgan fingerprint density at radius 3 is 2.37 bits per heavy atom. The minimum absolute atomic E-state index is 0.142. The Labute approximate surface area is 237 Å². The van der Waals surface area contributed by atoms with Crippen molar-refractivity contribution >= 4 is 27.2 Å². The van der Waals surface area contributed by atoms with Gasteiger partial charge in [0.05, 0.1) is 25.5 Å². The monoisotopic (exact) mass is 581 g/mol. The number of hydrogen-bond donors (Lipinski definition) is 2. The van der Waals surface area contributed by atoms with Crippen molar-refractivity contribution in [3.63, 3.8) is 0 Å². The fourth-order valence-corrected chi connectivity index (χ4v) is 5.54. The number of morpholine rings is 1. The van der Waals surface area contributed by atoms with Gasteiger partial charge in [-0.15, -0.1) is 0 Å². The van der Waals surface area contributed by atoms with Gasteiger partial charge in [-0.05, 0) is 55.0 Å². The summed E-state index contributed by atoms with van der Waals surface area (Å²) in [4.78, 5) is 9.99. The van der Waals surface area contributed by atoms with E-state index in [1.54, 1.807) is 18.2 Å². The van der Waals surface area contributed by atoms with Gasteiger partial charge in [-0.1, -0.05) is 18.2 Å². The van der Waals surface area contributed by atoms with Crippen LogP contribution in [-0.2, 0) is 14.8 Å². The van der Waals surface area contributed by atoms with Crippen molar-refractivity contribution in [2.24, 2.45) is 0 Å². The fourth-order valence-electron chi connectivity index (χ4n) is 4.35. The number of rotatable bonds is 11. The van der Waals surface area contributed by atoms with Gasteiger partial charge in [0.1, 0.15) is 29.5 Å². The van der Waals surface area contributed by atoms with Gasteiger partial charge in [-0.2, -0.15) is 0 Å². The lowest BCUT2D eigenvalue weighted by atomic mass is 10.1. The van der Waals surface area contributed by atoms with E-state index in [0.29, 0.717) is 23.8 Å². The van der Waals surface area contributed by atoms with Crippen molar-refractivity contribution in [2.75, 3.05) is 49.5 Å². The highest BCUT2D eigenvalue weighted by Crippen LogP contribution is 2.26. The van der Waals surface area contributed by atoms with Crippen molar-refractivity contribution in [1.29, 1.82) is 0 Å². The lowest BCUT2D eigenvalue weighted by molar-refractivity contribution is 0.0358. The van der Waals surface area contributed by atoms with Gasteiger partial charge in [0.25, 0.3) is 10.0 Å². The molecule has 5 rings (SSSR count). The number of sulfonamides is 1. The Bertz CT molecular complexity index is 1560. The van der Waals surface area contributed by atoms with Crippen molar-refractivity contribution in [1.82, 2.24) is 14.9 Å². The molecule has 2 heterocycles. The molecular weight excluding hydrogens is 552 g/mol. The maximum Gasteiger partial charge on any atom is 0.267 e. The summed E-state index contributed by atoms with van der Waals surface area (Å²) in [6.45, 7) is 5.06. The molecule has 0 amide bonds. The molecule has 0 spiro atoms. The van der Waals surface area contributed by atoms with E-state index in [1.807, 2.05) is 24.3 Å². The minimum Gasteiger partial charge on any atom is -0.494 e. The number of aromatic nitrogens is 2. The molecule has 41 heavy (non-hydrogen) atoms. The zero-order chi connectivity index (χ0) is 28.7. The Hall–Kier alpha value is -4.13. The van der Waals surface area contributed by atoms with E-state index in [0.717, 1.165) is 68.8 Å². The van der Waals surface area contributed by atoms with E-state index < -0.39 is 26.6 Å². The molecule has 1 aromatic heterocycles. The van der Waals surface area contributed by atoms with E-state index in [4.69, 9.17) is 9.47 Å². The Kier molecular flexibility index (Phi) is 9.02. The predicted molar refractivity (Wildman–Crippen MR) is 152 cm³/mol. The van der Waals surface area contributed by atoms with Crippen molar-refractivity contribution in [2.45, 2.75) is 11.3 Å². The summed E-state index contributed by atoms with van der Waals surface area (Å²) in [7, 11) is -4.46. The first kappa shape index (κ1) is 28.4.